The first-order valence-electron chi connectivity index (χ1n) is 6.37. The number of hydrogen-bond acceptors (Lipinski definition) is 6. The van der Waals surface area contributed by atoms with E-state index in [2.05, 4.69) is 4.98 Å². The van der Waals surface area contributed by atoms with Crippen LogP contribution < -0.4 is 5.73 Å². The number of nitrogens with two attached hydrogens (primary N) is 1. The lowest BCUT2D eigenvalue weighted by Gasteiger charge is -2.11. The van der Waals surface area contributed by atoms with Gasteiger partial charge in [-0.2, -0.15) is 18.4 Å². The predicted molar refractivity (Wildman–Crippen MR) is 79.7 cm³/mol. The number of halogens is 3. The second-order valence-corrected chi connectivity index (χ2v) is 5.65. The van der Waals surface area contributed by atoms with Gasteiger partial charge in [-0.25, -0.2) is 4.98 Å². The number of hydrogen-bond donors (Lipinski definition) is 1. The van der Waals surface area contributed by atoms with E-state index in [0.29, 0.717) is 11.8 Å². The summed E-state index contributed by atoms with van der Waals surface area (Å²) in [7, 11) is 0. The molecule has 0 bridgehead atoms. The van der Waals surface area contributed by atoms with E-state index in [4.69, 9.17) is 11.0 Å². The van der Waals surface area contributed by atoms with E-state index in [1.165, 1.54) is 12.1 Å². The number of alkyl halides is 3. The standard InChI is InChI=1S/C14H7F3N4O3S/c15-14(16,17)11-4-9(2-1-7(11)5-18)25-13-10(12(19)22)3-8(6-20-13)21(23)24/h1-4,6H,(H2,19,22). The van der Waals surface area contributed by atoms with Gasteiger partial charge in [-0.05, 0) is 18.2 Å². The maximum atomic E-state index is 13.0. The van der Waals surface area contributed by atoms with Crippen LogP contribution in [0.1, 0.15) is 21.5 Å². The monoisotopic (exact) mass is 368 g/mol. The van der Waals surface area contributed by atoms with Gasteiger partial charge in [0.25, 0.3) is 11.6 Å². The van der Waals surface area contributed by atoms with Gasteiger partial charge < -0.3 is 5.73 Å². The third-order valence-electron chi connectivity index (χ3n) is 2.94. The summed E-state index contributed by atoms with van der Waals surface area (Å²) in [4.78, 5) is 25.1. The molecule has 0 unspecified atom stereocenters. The van der Waals surface area contributed by atoms with Crippen LogP contribution in [-0.2, 0) is 6.18 Å². The summed E-state index contributed by atoms with van der Waals surface area (Å²) in [6, 6.07) is 5.31. The molecule has 1 amide bonds. The molecule has 0 atom stereocenters. The van der Waals surface area contributed by atoms with Crippen molar-refractivity contribution in [3.05, 3.63) is 57.3 Å². The molecule has 1 heterocycles. The molecule has 0 aliphatic carbocycles. The Morgan fingerprint density at radius 1 is 1.36 bits per heavy atom. The van der Waals surface area contributed by atoms with Gasteiger partial charge >= 0.3 is 6.18 Å². The number of nitro groups is 1. The summed E-state index contributed by atoms with van der Waals surface area (Å²) in [6.45, 7) is 0. The fourth-order valence-corrected chi connectivity index (χ4v) is 2.74. The van der Waals surface area contributed by atoms with Gasteiger partial charge in [-0.1, -0.05) is 11.8 Å². The van der Waals surface area contributed by atoms with E-state index >= 15 is 0 Å². The summed E-state index contributed by atoms with van der Waals surface area (Å²) in [5.74, 6) is -1.01. The molecular weight excluding hydrogens is 361 g/mol. The lowest BCUT2D eigenvalue weighted by molar-refractivity contribution is -0.385. The van der Waals surface area contributed by atoms with Gasteiger partial charge in [0.05, 0.1) is 27.7 Å². The number of nitrogens with zero attached hydrogens (tertiary/aromatic N) is 3. The molecule has 1 aromatic carbocycles. The first-order chi connectivity index (χ1) is 11.6. The summed E-state index contributed by atoms with van der Waals surface area (Å²) in [5.41, 5.74) is 2.68. The molecule has 25 heavy (non-hydrogen) atoms. The van der Waals surface area contributed by atoms with Crippen LogP contribution in [0.5, 0.6) is 0 Å². The van der Waals surface area contributed by atoms with E-state index in [0.717, 1.165) is 24.4 Å². The maximum Gasteiger partial charge on any atom is 0.417 e. The normalized spacial score (nSPS) is 11.0. The van der Waals surface area contributed by atoms with Crippen molar-refractivity contribution in [2.24, 2.45) is 5.73 Å². The zero-order valence-electron chi connectivity index (χ0n) is 12.1. The fraction of sp³-hybridized carbons (Fsp3) is 0.0714. The smallest absolute Gasteiger partial charge is 0.366 e. The number of carbonyl (C=O) groups excluding carboxylic acids is 1. The average molecular weight is 368 g/mol. The molecule has 0 aliphatic heterocycles. The Morgan fingerprint density at radius 3 is 2.56 bits per heavy atom. The van der Waals surface area contributed by atoms with Crippen molar-refractivity contribution in [2.45, 2.75) is 16.1 Å². The first-order valence-corrected chi connectivity index (χ1v) is 7.18. The van der Waals surface area contributed by atoms with Crippen LogP contribution >= 0.6 is 11.8 Å². The number of carbonyl (C=O) groups is 1. The molecule has 0 fully saturated rings. The van der Waals surface area contributed by atoms with E-state index in [-0.39, 0.29) is 15.5 Å². The Labute approximate surface area is 142 Å². The van der Waals surface area contributed by atoms with Crippen LogP contribution in [-0.4, -0.2) is 15.8 Å². The molecule has 0 saturated heterocycles. The summed E-state index contributed by atoms with van der Waals surface area (Å²) in [6.07, 6.45) is -3.87. The summed E-state index contributed by atoms with van der Waals surface area (Å²) >= 11 is 0.668. The van der Waals surface area contributed by atoms with Gasteiger partial charge in [0, 0.05) is 11.0 Å². The minimum Gasteiger partial charge on any atom is -0.366 e. The van der Waals surface area contributed by atoms with E-state index in [9.17, 15) is 28.1 Å². The molecule has 1 aromatic heterocycles. The molecule has 128 valence electrons. The molecule has 7 nitrogen and oxygen atoms in total. The lowest BCUT2D eigenvalue weighted by Crippen LogP contribution is -2.13. The molecule has 0 radical (unpaired) electrons. The third kappa shape index (κ3) is 4.04. The van der Waals surface area contributed by atoms with Crippen LogP contribution in [0, 0.1) is 21.4 Å². The van der Waals surface area contributed by atoms with Crippen molar-refractivity contribution in [3.8, 4) is 6.07 Å². The van der Waals surface area contributed by atoms with Gasteiger partial charge in [0.1, 0.15) is 11.2 Å². The van der Waals surface area contributed by atoms with Crippen molar-refractivity contribution in [3.63, 3.8) is 0 Å². The number of aromatic nitrogens is 1. The Balaban J connectivity index is 2.48. The van der Waals surface area contributed by atoms with Crippen molar-refractivity contribution in [1.29, 1.82) is 5.26 Å². The van der Waals surface area contributed by atoms with Crippen molar-refractivity contribution in [2.75, 3.05) is 0 Å². The molecule has 0 saturated carbocycles. The number of benzene rings is 1. The average Bonchev–Trinajstić information content (AvgIpc) is 2.53. The molecule has 2 N–H and O–H groups in total. The van der Waals surface area contributed by atoms with Crippen LogP contribution in [0.3, 0.4) is 0 Å². The topological polar surface area (TPSA) is 123 Å². The highest BCUT2D eigenvalue weighted by Gasteiger charge is 2.34. The molecule has 2 rings (SSSR count). The number of primary amides is 1. The largest absolute Gasteiger partial charge is 0.417 e. The van der Waals surface area contributed by atoms with E-state index in [1.807, 2.05) is 0 Å². The lowest BCUT2D eigenvalue weighted by atomic mass is 10.1. The van der Waals surface area contributed by atoms with Crippen molar-refractivity contribution < 1.29 is 22.9 Å². The van der Waals surface area contributed by atoms with Gasteiger partial charge in [0.15, 0.2) is 0 Å². The maximum absolute atomic E-state index is 13.0. The van der Waals surface area contributed by atoms with Crippen LogP contribution in [0.2, 0.25) is 0 Å². The summed E-state index contributed by atoms with van der Waals surface area (Å²) in [5, 5.41) is 19.4. The highest BCUT2D eigenvalue weighted by atomic mass is 32.2. The fourth-order valence-electron chi connectivity index (χ4n) is 1.83. The molecule has 2 aromatic rings. The van der Waals surface area contributed by atoms with Gasteiger partial charge in [0.2, 0.25) is 0 Å². The number of nitriles is 1. The van der Waals surface area contributed by atoms with Crippen LogP contribution in [0.15, 0.2) is 40.4 Å². The number of amides is 1. The first kappa shape index (κ1) is 18.2. The van der Waals surface area contributed by atoms with Gasteiger partial charge in [-0.3, -0.25) is 14.9 Å². The Kier molecular flexibility index (Phi) is 4.94. The number of rotatable bonds is 4. The number of pyridine rings is 1. The molecular formula is C14H7F3N4O3S. The minimum absolute atomic E-state index is 0.0372. The van der Waals surface area contributed by atoms with Crippen LogP contribution in [0.4, 0.5) is 18.9 Å². The second-order valence-electron chi connectivity index (χ2n) is 4.59. The van der Waals surface area contributed by atoms with Crippen LogP contribution in [0.25, 0.3) is 0 Å². The van der Waals surface area contributed by atoms with Crippen molar-refractivity contribution >= 4 is 23.4 Å². The molecule has 0 spiro atoms. The van der Waals surface area contributed by atoms with E-state index in [1.54, 1.807) is 0 Å². The van der Waals surface area contributed by atoms with Crippen molar-refractivity contribution in [1.82, 2.24) is 4.98 Å². The Bertz CT molecular complexity index is 909. The molecule has 11 heteroatoms. The Morgan fingerprint density at radius 2 is 2.04 bits per heavy atom. The quantitative estimate of drug-likeness (QED) is 0.653. The zero-order valence-corrected chi connectivity index (χ0v) is 12.9. The SMILES string of the molecule is N#Cc1ccc(Sc2ncc([N+](=O)[O-])cc2C(N)=O)cc1C(F)(F)F. The zero-order chi connectivity index (χ0) is 18.8. The predicted octanol–water partition coefficient (Wildman–Crippen LogP) is 3.13. The second kappa shape index (κ2) is 6.78. The third-order valence-corrected chi connectivity index (χ3v) is 3.95. The highest BCUT2D eigenvalue weighted by Crippen LogP contribution is 2.37. The molecule has 0 aliphatic rings. The Hall–Kier alpha value is -3.13. The van der Waals surface area contributed by atoms with Gasteiger partial charge in [-0.15, -0.1) is 0 Å². The minimum atomic E-state index is -4.74. The highest BCUT2D eigenvalue weighted by molar-refractivity contribution is 7.99. The summed E-state index contributed by atoms with van der Waals surface area (Å²) < 4.78 is 38.9. The van der Waals surface area contributed by atoms with E-state index < -0.39 is 33.8 Å².